The van der Waals surface area contributed by atoms with Gasteiger partial charge in [-0.15, -0.1) is 11.3 Å². The molecule has 34 heavy (non-hydrogen) atoms. The van der Waals surface area contributed by atoms with E-state index in [4.69, 9.17) is 4.74 Å². The molecule has 0 spiro atoms. The van der Waals surface area contributed by atoms with E-state index in [1.165, 1.54) is 11.3 Å². The van der Waals surface area contributed by atoms with Crippen LogP contribution in [0.4, 0.5) is 18.2 Å². The zero-order chi connectivity index (χ0) is 24.3. The van der Waals surface area contributed by atoms with Crippen molar-refractivity contribution in [2.24, 2.45) is 0 Å². The van der Waals surface area contributed by atoms with Crippen LogP contribution in [0.15, 0.2) is 54.6 Å². The van der Waals surface area contributed by atoms with E-state index < -0.39 is 30.2 Å². The van der Waals surface area contributed by atoms with Crippen molar-refractivity contribution in [1.29, 1.82) is 0 Å². The van der Waals surface area contributed by atoms with Gasteiger partial charge in [0.1, 0.15) is 5.00 Å². The van der Waals surface area contributed by atoms with E-state index in [0.29, 0.717) is 16.1 Å². The molecule has 9 heteroatoms. The number of anilines is 1. The molecule has 1 heterocycles. The number of benzene rings is 2. The number of ether oxygens (including phenoxy) is 1. The van der Waals surface area contributed by atoms with Crippen molar-refractivity contribution in [3.05, 3.63) is 87.3 Å². The summed E-state index contributed by atoms with van der Waals surface area (Å²) in [5, 5.41) is 3.10. The molecule has 0 aliphatic heterocycles. The van der Waals surface area contributed by atoms with Crippen LogP contribution < -0.4 is 5.32 Å². The first-order valence-corrected chi connectivity index (χ1v) is 11.4. The summed E-state index contributed by atoms with van der Waals surface area (Å²) in [4.78, 5) is 38.9. The molecule has 3 aromatic rings. The molecule has 0 saturated carbocycles. The van der Waals surface area contributed by atoms with Crippen LogP contribution in [0, 0.1) is 0 Å². The van der Waals surface area contributed by atoms with Crippen molar-refractivity contribution >= 4 is 34.0 Å². The van der Waals surface area contributed by atoms with Gasteiger partial charge in [-0.25, -0.2) is 4.79 Å². The number of rotatable bonds is 6. The molecule has 4 rings (SSSR count). The highest BCUT2D eigenvalue weighted by molar-refractivity contribution is 7.17. The third-order valence-electron chi connectivity index (χ3n) is 5.47. The Hall–Kier alpha value is -3.46. The van der Waals surface area contributed by atoms with Gasteiger partial charge in [-0.05, 0) is 55.5 Å². The van der Waals surface area contributed by atoms with Crippen molar-refractivity contribution in [3.63, 3.8) is 0 Å². The molecule has 1 amide bonds. The quantitative estimate of drug-likeness (QED) is 0.359. The molecule has 0 unspecified atom stereocenters. The highest BCUT2D eigenvalue weighted by Gasteiger charge is 2.30. The fourth-order valence-electron chi connectivity index (χ4n) is 3.80. The minimum atomic E-state index is -4.52. The molecular weight excluding hydrogens is 467 g/mol. The number of halogens is 3. The average Bonchev–Trinajstić information content (AvgIpc) is 3.19. The molecule has 0 bridgehead atoms. The van der Waals surface area contributed by atoms with Gasteiger partial charge in [-0.2, -0.15) is 13.2 Å². The number of carbonyl (C=O) groups excluding carboxylic acids is 3. The Bertz CT molecular complexity index is 1220. The molecule has 2 aromatic carbocycles. The van der Waals surface area contributed by atoms with Crippen LogP contribution in [0.2, 0.25) is 0 Å². The number of esters is 1. The Labute approximate surface area is 197 Å². The van der Waals surface area contributed by atoms with E-state index in [1.54, 1.807) is 24.3 Å². The summed E-state index contributed by atoms with van der Waals surface area (Å²) in [6, 6.07) is 12.3. The molecule has 176 valence electrons. The predicted molar refractivity (Wildman–Crippen MR) is 121 cm³/mol. The molecule has 0 saturated heterocycles. The largest absolute Gasteiger partial charge is 0.452 e. The first kappa shape index (κ1) is 23.7. The van der Waals surface area contributed by atoms with Gasteiger partial charge in [0.25, 0.3) is 5.91 Å². The Morgan fingerprint density at radius 1 is 0.912 bits per heavy atom. The van der Waals surface area contributed by atoms with E-state index in [2.05, 4.69) is 5.32 Å². The number of alkyl halides is 3. The Kier molecular flexibility index (Phi) is 6.83. The molecular formula is C25H20F3NO4S. The number of hydrogen-bond donors (Lipinski definition) is 1. The highest BCUT2D eigenvalue weighted by atomic mass is 32.1. The van der Waals surface area contributed by atoms with Gasteiger partial charge in [0, 0.05) is 10.4 Å². The lowest BCUT2D eigenvalue weighted by Gasteiger charge is -2.12. The summed E-state index contributed by atoms with van der Waals surface area (Å²) in [7, 11) is 0. The Balaban J connectivity index is 1.46. The molecule has 1 N–H and O–H groups in total. The zero-order valence-corrected chi connectivity index (χ0v) is 18.7. The standard InChI is InChI=1S/C25H20F3NO4S/c26-25(27,28)17-12-10-16(11-13-17)24(32)33-14-20(30)29-23-21(18-8-4-5-9-19(18)34-23)22(31)15-6-2-1-3-7-15/h1-3,6-7,10-13H,4-5,8-9,14H2,(H,29,30). The minimum Gasteiger partial charge on any atom is -0.452 e. The molecule has 0 atom stereocenters. The lowest BCUT2D eigenvalue weighted by Crippen LogP contribution is -2.21. The maximum atomic E-state index is 13.2. The average molecular weight is 487 g/mol. The van der Waals surface area contributed by atoms with E-state index in [-0.39, 0.29) is 11.3 Å². The number of hydrogen-bond acceptors (Lipinski definition) is 5. The number of thiophene rings is 1. The highest BCUT2D eigenvalue weighted by Crippen LogP contribution is 2.39. The van der Waals surface area contributed by atoms with E-state index in [1.807, 2.05) is 6.07 Å². The maximum absolute atomic E-state index is 13.2. The van der Waals surface area contributed by atoms with Crippen LogP contribution in [0.5, 0.6) is 0 Å². The van der Waals surface area contributed by atoms with Crippen LogP contribution in [0.25, 0.3) is 0 Å². The van der Waals surface area contributed by atoms with Gasteiger partial charge in [-0.1, -0.05) is 30.3 Å². The fraction of sp³-hybridized carbons (Fsp3) is 0.240. The molecule has 0 fully saturated rings. The van der Waals surface area contributed by atoms with Gasteiger partial charge in [0.15, 0.2) is 12.4 Å². The van der Waals surface area contributed by atoms with E-state index in [0.717, 1.165) is 60.4 Å². The number of ketones is 1. The summed E-state index contributed by atoms with van der Waals surface area (Å²) < 4.78 is 43.0. The molecule has 5 nitrogen and oxygen atoms in total. The first-order valence-electron chi connectivity index (χ1n) is 10.6. The normalized spacial score (nSPS) is 13.1. The van der Waals surface area contributed by atoms with Gasteiger partial charge in [-0.3, -0.25) is 9.59 Å². The van der Waals surface area contributed by atoms with Crippen molar-refractivity contribution in [2.45, 2.75) is 31.9 Å². The minimum absolute atomic E-state index is 0.104. The summed E-state index contributed by atoms with van der Waals surface area (Å²) in [6.07, 6.45) is -0.981. The number of aryl methyl sites for hydroxylation is 1. The van der Waals surface area contributed by atoms with Gasteiger partial charge >= 0.3 is 12.1 Å². The third kappa shape index (κ3) is 5.20. The number of carbonyl (C=O) groups is 3. The fourth-order valence-corrected chi connectivity index (χ4v) is 5.10. The lowest BCUT2D eigenvalue weighted by atomic mass is 9.92. The van der Waals surface area contributed by atoms with Crippen LogP contribution in [0.1, 0.15) is 55.1 Å². The topological polar surface area (TPSA) is 72.5 Å². The lowest BCUT2D eigenvalue weighted by molar-refractivity contribution is -0.137. The van der Waals surface area contributed by atoms with E-state index in [9.17, 15) is 27.6 Å². The van der Waals surface area contributed by atoms with Crippen molar-refractivity contribution in [1.82, 2.24) is 0 Å². The first-order chi connectivity index (χ1) is 16.2. The molecule has 0 radical (unpaired) electrons. The van der Waals surface area contributed by atoms with Gasteiger partial charge in [0.2, 0.25) is 0 Å². The SMILES string of the molecule is O=C(COC(=O)c1ccc(C(F)(F)F)cc1)Nc1sc2c(c1C(=O)c1ccccc1)CCCC2. The van der Waals surface area contributed by atoms with Crippen LogP contribution in [-0.4, -0.2) is 24.3 Å². The van der Waals surface area contributed by atoms with Crippen LogP contribution >= 0.6 is 11.3 Å². The Morgan fingerprint density at radius 3 is 2.26 bits per heavy atom. The van der Waals surface area contributed by atoms with Crippen LogP contribution in [0.3, 0.4) is 0 Å². The molecule has 1 aliphatic carbocycles. The molecule has 1 aliphatic rings. The smallest absolute Gasteiger partial charge is 0.416 e. The van der Waals surface area contributed by atoms with Gasteiger partial charge < -0.3 is 10.1 Å². The second-order valence-electron chi connectivity index (χ2n) is 7.81. The summed E-state index contributed by atoms with van der Waals surface area (Å²) in [5.41, 5.74) is 0.930. The maximum Gasteiger partial charge on any atom is 0.416 e. The summed E-state index contributed by atoms with van der Waals surface area (Å²) in [6.45, 7) is -0.638. The third-order valence-corrected chi connectivity index (χ3v) is 6.68. The number of fused-ring (bicyclic) bond motifs is 1. The number of amides is 1. The van der Waals surface area contributed by atoms with Crippen LogP contribution in [-0.2, 0) is 28.5 Å². The van der Waals surface area contributed by atoms with Gasteiger partial charge in [0.05, 0.1) is 16.7 Å². The summed E-state index contributed by atoms with van der Waals surface area (Å²) in [5.74, 6) is -1.74. The molecule has 1 aromatic heterocycles. The Morgan fingerprint density at radius 2 is 1.59 bits per heavy atom. The van der Waals surface area contributed by atoms with E-state index >= 15 is 0 Å². The van der Waals surface area contributed by atoms with Crippen molar-refractivity contribution in [2.75, 3.05) is 11.9 Å². The number of nitrogens with one attached hydrogen (secondary N) is 1. The second-order valence-corrected chi connectivity index (χ2v) is 8.91. The summed E-state index contributed by atoms with van der Waals surface area (Å²) >= 11 is 1.35. The second kappa shape index (κ2) is 9.80. The zero-order valence-electron chi connectivity index (χ0n) is 17.9. The van der Waals surface area contributed by atoms with Crippen molar-refractivity contribution < 1.29 is 32.3 Å². The predicted octanol–water partition coefficient (Wildman–Crippen LogP) is 5.67. The monoisotopic (exact) mass is 487 g/mol. The van der Waals surface area contributed by atoms with Crippen molar-refractivity contribution in [3.8, 4) is 0 Å².